The van der Waals surface area contributed by atoms with Crippen LogP contribution in [0.2, 0.25) is 5.02 Å². The van der Waals surface area contributed by atoms with E-state index in [0.717, 1.165) is 10.5 Å². The van der Waals surface area contributed by atoms with E-state index in [1.165, 1.54) is 32.3 Å². The second kappa shape index (κ2) is 8.97. The van der Waals surface area contributed by atoms with Crippen molar-refractivity contribution in [2.45, 2.75) is 16.8 Å². The number of anilines is 2. The van der Waals surface area contributed by atoms with E-state index in [2.05, 4.69) is 15.3 Å². The fraction of sp³-hybridized carbons (Fsp3) is 0.158. The molecular weight excluding hydrogens is 416 g/mol. The van der Waals surface area contributed by atoms with Crippen molar-refractivity contribution in [3.8, 4) is 11.5 Å². The van der Waals surface area contributed by atoms with Crippen LogP contribution in [0.4, 0.5) is 17.2 Å². The van der Waals surface area contributed by atoms with Crippen molar-refractivity contribution in [2.75, 3.05) is 19.5 Å². The monoisotopic (exact) mass is 432 g/mol. The summed E-state index contributed by atoms with van der Waals surface area (Å²) in [6, 6.07) is 10.8. The predicted octanol–water partition coefficient (Wildman–Crippen LogP) is 5.26. The zero-order chi connectivity index (χ0) is 21.0. The molecule has 2 aromatic carbocycles. The number of halogens is 1. The number of methoxy groups -OCH3 is 2. The molecule has 0 aliphatic heterocycles. The summed E-state index contributed by atoms with van der Waals surface area (Å²) in [5, 5.41) is 15.3. The van der Waals surface area contributed by atoms with E-state index in [4.69, 9.17) is 21.1 Å². The Labute approximate surface area is 176 Å². The van der Waals surface area contributed by atoms with Crippen molar-refractivity contribution in [2.24, 2.45) is 0 Å². The number of nitrogens with zero attached hydrogens (tertiary/aromatic N) is 3. The largest absolute Gasteiger partial charge is 0.495 e. The molecule has 0 aliphatic carbocycles. The van der Waals surface area contributed by atoms with Crippen molar-refractivity contribution in [1.29, 1.82) is 0 Å². The first-order valence-corrected chi connectivity index (χ1v) is 9.54. The van der Waals surface area contributed by atoms with E-state index in [1.54, 1.807) is 12.1 Å². The van der Waals surface area contributed by atoms with Crippen LogP contribution in [0.15, 0.2) is 52.6 Å². The number of rotatable bonds is 7. The fourth-order valence-electron chi connectivity index (χ4n) is 2.50. The van der Waals surface area contributed by atoms with Gasteiger partial charge in [0.1, 0.15) is 17.8 Å². The molecule has 3 rings (SSSR count). The Morgan fingerprint density at radius 2 is 1.79 bits per heavy atom. The Kier molecular flexibility index (Phi) is 6.40. The van der Waals surface area contributed by atoms with Crippen LogP contribution in [0.25, 0.3) is 0 Å². The molecule has 0 saturated carbocycles. The molecule has 150 valence electrons. The van der Waals surface area contributed by atoms with E-state index in [1.807, 2.05) is 31.2 Å². The summed E-state index contributed by atoms with van der Waals surface area (Å²) in [7, 11) is 2.96. The highest BCUT2D eigenvalue weighted by Crippen LogP contribution is 2.41. The minimum atomic E-state index is -0.517. The topological polar surface area (TPSA) is 99.4 Å². The normalized spacial score (nSPS) is 10.5. The minimum Gasteiger partial charge on any atom is -0.495 e. The molecule has 1 heterocycles. The number of nitro groups is 1. The standard InChI is InChI=1S/C19H17ClN4O4S/c1-11-4-6-12(7-5-11)29-19-17(24(25)26)18(21-10-22-19)23-14-8-13(20)15(27-2)9-16(14)28-3/h4-10H,1-3H3,(H,21,22,23). The van der Waals surface area contributed by atoms with Gasteiger partial charge in [-0.2, -0.15) is 0 Å². The van der Waals surface area contributed by atoms with Crippen molar-refractivity contribution < 1.29 is 14.4 Å². The molecule has 0 amide bonds. The molecule has 0 fully saturated rings. The third-order valence-electron chi connectivity index (χ3n) is 3.93. The van der Waals surface area contributed by atoms with Gasteiger partial charge in [0.25, 0.3) is 0 Å². The highest BCUT2D eigenvalue weighted by molar-refractivity contribution is 7.99. The maximum absolute atomic E-state index is 11.8. The van der Waals surface area contributed by atoms with Crippen molar-refractivity contribution in [1.82, 2.24) is 9.97 Å². The summed E-state index contributed by atoms with van der Waals surface area (Å²) >= 11 is 7.37. The second-order valence-electron chi connectivity index (χ2n) is 5.86. The minimum absolute atomic E-state index is 0.0270. The lowest BCUT2D eigenvalue weighted by atomic mass is 10.2. The Balaban J connectivity index is 2.01. The second-order valence-corrected chi connectivity index (χ2v) is 7.33. The van der Waals surface area contributed by atoms with Gasteiger partial charge in [0.05, 0.1) is 29.9 Å². The van der Waals surface area contributed by atoms with Gasteiger partial charge in [-0.15, -0.1) is 0 Å². The van der Waals surface area contributed by atoms with E-state index >= 15 is 0 Å². The smallest absolute Gasteiger partial charge is 0.343 e. The van der Waals surface area contributed by atoms with Crippen LogP contribution in [-0.2, 0) is 0 Å². The van der Waals surface area contributed by atoms with E-state index in [0.29, 0.717) is 22.2 Å². The third kappa shape index (κ3) is 4.69. The maximum Gasteiger partial charge on any atom is 0.343 e. The van der Waals surface area contributed by atoms with Crippen LogP contribution in [0, 0.1) is 17.0 Å². The molecule has 0 unspecified atom stereocenters. The summed E-state index contributed by atoms with van der Waals surface area (Å²) in [5.74, 6) is 0.841. The van der Waals surface area contributed by atoms with Gasteiger partial charge in [0.2, 0.25) is 5.82 Å². The lowest BCUT2D eigenvalue weighted by Gasteiger charge is -2.14. The number of nitrogens with one attached hydrogen (secondary N) is 1. The number of aromatic nitrogens is 2. The number of hydrogen-bond donors (Lipinski definition) is 1. The Bertz CT molecular complexity index is 1050. The summed E-state index contributed by atoms with van der Waals surface area (Å²) < 4.78 is 10.5. The molecular formula is C19H17ClN4O4S. The van der Waals surface area contributed by atoms with Gasteiger partial charge >= 0.3 is 5.69 Å². The summed E-state index contributed by atoms with van der Waals surface area (Å²) in [6.45, 7) is 1.97. The van der Waals surface area contributed by atoms with E-state index in [9.17, 15) is 10.1 Å². The predicted molar refractivity (Wildman–Crippen MR) is 112 cm³/mol. The van der Waals surface area contributed by atoms with Gasteiger partial charge < -0.3 is 14.8 Å². The van der Waals surface area contributed by atoms with Crippen LogP contribution in [0.1, 0.15) is 5.56 Å². The molecule has 3 aromatic rings. The highest BCUT2D eigenvalue weighted by atomic mass is 35.5. The first-order valence-electron chi connectivity index (χ1n) is 8.35. The maximum atomic E-state index is 11.8. The average Bonchev–Trinajstić information content (AvgIpc) is 2.70. The summed E-state index contributed by atoms with van der Waals surface area (Å²) in [6.07, 6.45) is 1.27. The van der Waals surface area contributed by atoms with E-state index < -0.39 is 4.92 Å². The first-order chi connectivity index (χ1) is 13.9. The first kappa shape index (κ1) is 20.7. The number of ether oxygens (including phenoxy) is 2. The molecule has 0 saturated heterocycles. The van der Waals surface area contributed by atoms with Crippen molar-refractivity contribution in [3.05, 3.63) is 63.4 Å². The SMILES string of the molecule is COc1cc(OC)c(Nc2ncnc(Sc3ccc(C)cc3)c2[N+](=O)[O-])cc1Cl. The van der Waals surface area contributed by atoms with E-state index in [-0.39, 0.29) is 16.5 Å². The van der Waals surface area contributed by atoms with Gasteiger partial charge in [-0.25, -0.2) is 9.97 Å². The number of aryl methyl sites for hydroxylation is 1. The molecule has 0 aliphatic rings. The quantitative estimate of drug-likeness (QED) is 0.306. The zero-order valence-electron chi connectivity index (χ0n) is 15.8. The number of hydrogen-bond acceptors (Lipinski definition) is 8. The zero-order valence-corrected chi connectivity index (χ0v) is 17.4. The lowest BCUT2D eigenvalue weighted by molar-refractivity contribution is -0.387. The third-order valence-corrected chi connectivity index (χ3v) is 5.23. The van der Waals surface area contributed by atoms with Gasteiger partial charge in [-0.05, 0) is 25.1 Å². The van der Waals surface area contributed by atoms with Gasteiger partial charge in [-0.1, -0.05) is 41.1 Å². The average molecular weight is 433 g/mol. The molecule has 29 heavy (non-hydrogen) atoms. The molecule has 0 radical (unpaired) electrons. The number of benzene rings is 2. The Morgan fingerprint density at radius 3 is 2.41 bits per heavy atom. The Morgan fingerprint density at radius 1 is 1.10 bits per heavy atom. The van der Waals surface area contributed by atoms with Crippen LogP contribution >= 0.6 is 23.4 Å². The molecule has 1 aromatic heterocycles. The summed E-state index contributed by atoms with van der Waals surface area (Å²) in [5.41, 5.74) is 1.26. The summed E-state index contributed by atoms with van der Waals surface area (Å²) in [4.78, 5) is 20.3. The molecule has 0 spiro atoms. The van der Waals surface area contributed by atoms with Crippen LogP contribution < -0.4 is 14.8 Å². The lowest BCUT2D eigenvalue weighted by Crippen LogP contribution is -2.04. The molecule has 1 N–H and O–H groups in total. The molecule has 8 nitrogen and oxygen atoms in total. The van der Waals surface area contributed by atoms with Gasteiger partial charge in [0.15, 0.2) is 5.03 Å². The van der Waals surface area contributed by atoms with Crippen molar-refractivity contribution >= 4 is 40.6 Å². The van der Waals surface area contributed by atoms with Crippen LogP contribution in [0.3, 0.4) is 0 Å². The van der Waals surface area contributed by atoms with Gasteiger partial charge in [0, 0.05) is 11.0 Å². The van der Waals surface area contributed by atoms with Crippen LogP contribution in [0.5, 0.6) is 11.5 Å². The Hall–Kier alpha value is -3.04. The molecule has 0 atom stereocenters. The fourth-order valence-corrected chi connectivity index (χ4v) is 3.60. The molecule has 0 bridgehead atoms. The van der Waals surface area contributed by atoms with Crippen LogP contribution in [-0.4, -0.2) is 29.1 Å². The van der Waals surface area contributed by atoms with Crippen molar-refractivity contribution in [3.63, 3.8) is 0 Å². The molecule has 10 heteroatoms. The van der Waals surface area contributed by atoms with Gasteiger partial charge in [-0.3, -0.25) is 10.1 Å². The highest BCUT2D eigenvalue weighted by Gasteiger charge is 2.25.